The zero-order valence-electron chi connectivity index (χ0n) is 9.31. The minimum Gasteiger partial charge on any atom is -0.497 e. The van der Waals surface area contributed by atoms with E-state index in [1.165, 1.54) is 11.3 Å². The molecule has 1 aromatic carbocycles. The maximum atomic E-state index is 9.03. The van der Waals surface area contributed by atoms with Crippen LogP contribution in [-0.4, -0.2) is 17.2 Å². The van der Waals surface area contributed by atoms with Gasteiger partial charge in [-0.05, 0) is 34.1 Å². The Morgan fingerprint density at radius 1 is 1.50 bits per heavy atom. The number of benzene rings is 1. The Bertz CT molecular complexity index is 561. The molecule has 0 saturated carbocycles. The van der Waals surface area contributed by atoms with Crippen LogP contribution in [0.25, 0.3) is 0 Å². The molecule has 0 radical (unpaired) electrons. The third-order valence-electron chi connectivity index (χ3n) is 2.11. The van der Waals surface area contributed by atoms with E-state index < -0.39 is 0 Å². The van der Waals surface area contributed by atoms with Crippen molar-refractivity contribution in [2.24, 2.45) is 0 Å². The number of halogens is 2. The number of ether oxygens (including phenoxy) is 2. The van der Waals surface area contributed by atoms with Crippen LogP contribution in [-0.2, 0) is 6.61 Å². The van der Waals surface area contributed by atoms with Gasteiger partial charge >= 0.3 is 0 Å². The van der Waals surface area contributed by atoms with Crippen molar-refractivity contribution in [2.75, 3.05) is 7.11 Å². The van der Waals surface area contributed by atoms with Gasteiger partial charge in [-0.3, -0.25) is 0 Å². The maximum Gasteiger partial charge on any atom is 0.280 e. The molecule has 0 fully saturated rings. The van der Waals surface area contributed by atoms with E-state index in [0.717, 1.165) is 10.2 Å². The molecule has 1 N–H and O–H groups in total. The van der Waals surface area contributed by atoms with Crippen molar-refractivity contribution in [3.63, 3.8) is 0 Å². The molecule has 1 heterocycles. The van der Waals surface area contributed by atoms with Gasteiger partial charge in [0.25, 0.3) is 5.19 Å². The van der Waals surface area contributed by atoms with Crippen molar-refractivity contribution in [1.29, 1.82) is 0 Å². The molecule has 4 nitrogen and oxygen atoms in total. The largest absolute Gasteiger partial charge is 0.497 e. The summed E-state index contributed by atoms with van der Waals surface area (Å²) in [6.07, 6.45) is 0. The van der Waals surface area contributed by atoms with E-state index in [2.05, 4.69) is 20.9 Å². The topological polar surface area (TPSA) is 51.6 Å². The van der Waals surface area contributed by atoms with Gasteiger partial charge in [-0.15, -0.1) is 0 Å². The van der Waals surface area contributed by atoms with E-state index in [1.54, 1.807) is 25.3 Å². The zero-order chi connectivity index (χ0) is 13.1. The number of aliphatic hydroxyl groups is 1. The Morgan fingerprint density at radius 2 is 2.28 bits per heavy atom. The highest BCUT2D eigenvalue weighted by Crippen LogP contribution is 2.36. The molecule has 0 aliphatic heterocycles. The Labute approximate surface area is 121 Å². The summed E-state index contributed by atoms with van der Waals surface area (Å²) in [4.78, 5) is 4.59. The summed E-state index contributed by atoms with van der Waals surface area (Å²) in [6, 6.07) is 5.33. The molecule has 1 aromatic heterocycles. The summed E-state index contributed by atoms with van der Waals surface area (Å²) in [7, 11) is 1.59. The van der Waals surface area contributed by atoms with Crippen molar-refractivity contribution in [1.82, 2.24) is 4.98 Å². The third-order valence-corrected chi connectivity index (χ3v) is 4.07. The second-order valence-corrected chi connectivity index (χ2v) is 5.51. The van der Waals surface area contributed by atoms with E-state index in [0.29, 0.717) is 15.8 Å². The van der Waals surface area contributed by atoms with E-state index in [9.17, 15) is 0 Å². The average Bonchev–Trinajstić information content (AvgIpc) is 2.72. The second-order valence-electron chi connectivity index (χ2n) is 3.25. The molecule has 0 amide bonds. The van der Waals surface area contributed by atoms with Crippen LogP contribution in [0, 0.1) is 0 Å². The number of nitrogens with zero attached hydrogens (tertiary/aromatic N) is 1. The van der Waals surface area contributed by atoms with Crippen LogP contribution < -0.4 is 9.47 Å². The summed E-state index contributed by atoms with van der Waals surface area (Å²) >= 11 is 10.4. The van der Waals surface area contributed by atoms with Crippen molar-refractivity contribution in [3.8, 4) is 16.7 Å². The lowest BCUT2D eigenvalue weighted by atomic mass is 10.3. The first-order valence-electron chi connectivity index (χ1n) is 4.91. The van der Waals surface area contributed by atoms with Gasteiger partial charge in [-0.25, -0.2) is 0 Å². The first-order valence-corrected chi connectivity index (χ1v) is 6.90. The van der Waals surface area contributed by atoms with Gasteiger partial charge in [0.05, 0.1) is 23.1 Å². The molecular weight excluding hydrogens is 342 g/mol. The standard InChI is InChI=1S/C11H9BrClNO3S/c1-16-6-2-3-8(7(12)4-6)17-11-14-10(13)9(5-15)18-11/h2-4,15H,5H2,1H3. The van der Waals surface area contributed by atoms with Gasteiger partial charge in [0, 0.05) is 0 Å². The Balaban J connectivity index is 2.22. The predicted octanol–water partition coefficient (Wildman–Crippen LogP) is 3.85. The summed E-state index contributed by atoms with van der Waals surface area (Å²) in [6.45, 7) is -0.149. The van der Waals surface area contributed by atoms with Crippen LogP contribution in [0.1, 0.15) is 4.88 Å². The van der Waals surface area contributed by atoms with Gasteiger partial charge in [0.2, 0.25) is 0 Å². The van der Waals surface area contributed by atoms with Crippen LogP contribution in [0.2, 0.25) is 5.15 Å². The van der Waals surface area contributed by atoms with Gasteiger partial charge in [0.1, 0.15) is 16.7 Å². The van der Waals surface area contributed by atoms with E-state index in [-0.39, 0.29) is 11.8 Å². The van der Waals surface area contributed by atoms with E-state index in [4.69, 9.17) is 26.2 Å². The molecule has 7 heteroatoms. The molecule has 2 rings (SSSR count). The number of rotatable bonds is 4. The lowest BCUT2D eigenvalue weighted by Crippen LogP contribution is -1.87. The molecular formula is C11H9BrClNO3S. The van der Waals surface area contributed by atoms with Gasteiger partial charge in [-0.2, -0.15) is 4.98 Å². The zero-order valence-corrected chi connectivity index (χ0v) is 12.5. The first-order chi connectivity index (χ1) is 8.63. The van der Waals surface area contributed by atoms with Crippen LogP contribution in [0.5, 0.6) is 16.7 Å². The fourth-order valence-corrected chi connectivity index (χ4v) is 2.65. The number of thiazole rings is 1. The molecule has 0 spiro atoms. The fourth-order valence-electron chi connectivity index (χ4n) is 1.24. The van der Waals surface area contributed by atoms with Crippen LogP contribution in [0.3, 0.4) is 0 Å². The molecule has 0 atom stereocenters. The first kappa shape index (κ1) is 13.6. The fraction of sp³-hybridized carbons (Fsp3) is 0.182. The van der Waals surface area contributed by atoms with Crippen molar-refractivity contribution < 1.29 is 14.6 Å². The molecule has 0 saturated heterocycles. The Kier molecular flexibility index (Phi) is 4.45. The highest BCUT2D eigenvalue weighted by molar-refractivity contribution is 9.10. The Morgan fingerprint density at radius 3 is 2.83 bits per heavy atom. The molecule has 0 aliphatic rings. The number of methoxy groups -OCH3 is 1. The van der Waals surface area contributed by atoms with Crippen LogP contribution >= 0.6 is 38.9 Å². The SMILES string of the molecule is COc1ccc(Oc2nc(Cl)c(CO)s2)c(Br)c1. The summed E-state index contributed by atoms with van der Waals surface area (Å²) in [5, 5.41) is 9.68. The number of hydrogen-bond acceptors (Lipinski definition) is 5. The van der Waals surface area contributed by atoms with Crippen LogP contribution in [0.15, 0.2) is 22.7 Å². The van der Waals surface area contributed by atoms with Crippen molar-refractivity contribution in [2.45, 2.75) is 6.61 Å². The van der Waals surface area contributed by atoms with Gasteiger partial charge in [0.15, 0.2) is 0 Å². The number of hydrogen-bond donors (Lipinski definition) is 1. The second kappa shape index (κ2) is 5.88. The molecule has 18 heavy (non-hydrogen) atoms. The summed E-state index contributed by atoms with van der Waals surface area (Å²) in [5.74, 6) is 1.33. The highest BCUT2D eigenvalue weighted by atomic mass is 79.9. The maximum absolute atomic E-state index is 9.03. The molecule has 96 valence electrons. The normalized spacial score (nSPS) is 10.4. The van der Waals surface area contributed by atoms with E-state index in [1.807, 2.05) is 0 Å². The Hall–Kier alpha value is -0.820. The lowest BCUT2D eigenvalue weighted by Gasteiger charge is -2.06. The monoisotopic (exact) mass is 349 g/mol. The average molecular weight is 351 g/mol. The van der Waals surface area contributed by atoms with Crippen molar-refractivity contribution in [3.05, 3.63) is 32.7 Å². The smallest absolute Gasteiger partial charge is 0.280 e. The van der Waals surface area contributed by atoms with Gasteiger partial charge < -0.3 is 14.6 Å². The molecule has 2 aromatic rings. The molecule has 0 bridgehead atoms. The minimum absolute atomic E-state index is 0.149. The molecule has 0 aliphatic carbocycles. The number of aliphatic hydroxyl groups excluding tert-OH is 1. The summed E-state index contributed by atoms with van der Waals surface area (Å²) < 4.78 is 11.4. The lowest BCUT2D eigenvalue weighted by molar-refractivity contribution is 0.285. The van der Waals surface area contributed by atoms with Crippen LogP contribution in [0.4, 0.5) is 0 Å². The minimum atomic E-state index is -0.149. The number of aromatic nitrogens is 1. The molecule has 0 unspecified atom stereocenters. The predicted molar refractivity (Wildman–Crippen MR) is 73.8 cm³/mol. The summed E-state index contributed by atoms with van der Waals surface area (Å²) in [5.41, 5.74) is 0. The highest BCUT2D eigenvalue weighted by Gasteiger charge is 2.12. The quantitative estimate of drug-likeness (QED) is 0.910. The van der Waals surface area contributed by atoms with Gasteiger partial charge in [-0.1, -0.05) is 22.9 Å². The van der Waals surface area contributed by atoms with Crippen molar-refractivity contribution >= 4 is 38.9 Å². The third kappa shape index (κ3) is 2.95. The van der Waals surface area contributed by atoms with E-state index >= 15 is 0 Å².